The fourth-order valence-corrected chi connectivity index (χ4v) is 3.03. The highest BCUT2D eigenvalue weighted by Gasteiger charge is 2.16. The quantitative estimate of drug-likeness (QED) is 0.572. The SMILES string of the molecule is O=C(CCCn1c(=O)oc2cc([N+](=O)[O-])ccc21)NCC1CCCN1. The molecule has 0 saturated carbocycles. The molecule has 1 aliphatic heterocycles. The van der Waals surface area contributed by atoms with E-state index in [4.69, 9.17) is 4.42 Å². The topological polar surface area (TPSA) is 119 Å². The molecule has 0 aliphatic carbocycles. The zero-order valence-corrected chi connectivity index (χ0v) is 13.7. The number of rotatable bonds is 7. The van der Waals surface area contributed by atoms with Gasteiger partial charge in [0.2, 0.25) is 5.91 Å². The number of nitro benzene ring substituents is 1. The van der Waals surface area contributed by atoms with Gasteiger partial charge >= 0.3 is 5.76 Å². The minimum atomic E-state index is -0.578. The number of aryl methyl sites for hydroxylation is 1. The van der Waals surface area contributed by atoms with Crippen LogP contribution in [-0.2, 0) is 11.3 Å². The minimum absolute atomic E-state index is 0.0508. The molecular weight excluding hydrogens is 328 g/mol. The second kappa shape index (κ2) is 7.47. The smallest absolute Gasteiger partial charge is 0.407 e. The summed E-state index contributed by atoms with van der Waals surface area (Å²) in [7, 11) is 0. The summed E-state index contributed by atoms with van der Waals surface area (Å²) in [4.78, 5) is 34.0. The Kier molecular flexibility index (Phi) is 5.13. The summed E-state index contributed by atoms with van der Waals surface area (Å²) in [6.45, 7) is 1.94. The highest BCUT2D eigenvalue weighted by molar-refractivity contribution is 5.76. The number of hydrogen-bond acceptors (Lipinski definition) is 6. The minimum Gasteiger partial charge on any atom is -0.407 e. The standard InChI is InChI=1S/C16H20N4O5/c21-15(18-10-11-3-1-7-17-11)4-2-8-19-13-6-5-12(20(23)24)9-14(13)25-16(19)22/h5-6,9,11,17H,1-4,7-8,10H2,(H,18,21). The molecule has 1 aromatic carbocycles. The van der Waals surface area contributed by atoms with Crippen LogP contribution in [0, 0.1) is 10.1 Å². The van der Waals surface area contributed by atoms with Gasteiger partial charge in [0.1, 0.15) is 0 Å². The predicted molar refractivity (Wildman–Crippen MR) is 90.4 cm³/mol. The Balaban J connectivity index is 1.55. The fourth-order valence-electron chi connectivity index (χ4n) is 3.03. The summed E-state index contributed by atoms with van der Waals surface area (Å²) >= 11 is 0. The second-order valence-electron chi connectivity index (χ2n) is 6.13. The Morgan fingerprint density at radius 2 is 2.32 bits per heavy atom. The van der Waals surface area contributed by atoms with E-state index in [9.17, 15) is 19.7 Å². The van der Waals surface area contributed by atoms with E-state index in [1.54, 1.807) is 0 Å². The van der Waals surface area contributed by atoms with Gasteiger partial charge < -0.3 is 15.1 Å². The first-order valence-corrected chi connectivity index (χ1v) is 8.32. The molecule has 3 rings (SSSR count). The zero-order valence-electron chi connectivity index (χ0n) is 13.7. The first-order valence-electron chi connectivity index (χ1n) is 8.32. The number of carbonyl (C=O) groups excluding carboxylic acids is 1. The lowest BCUT2D eigenvalue weighted by molar-refractivity contribution is -0.384. The third-order valence-corrected chi connectivity index (χ3v) is 4.36. The Morgan fingerprint density at radius 3 is 3.04 bits per heavy atom. The summed E-state index contributed by atoms with van der Waals surface area (Å²) in [6.07, 6.45) is 2.99. The molecule has 0 bridgehead atoms. The number of amides is 1. The van der Waals surface area contributed by atoms with Crippen LogP contribution in [0.5, 0.6) is 0 Å². The molecule has 1 aromatic heterocycles. The van der Waals surface area contributed by atoms with Crippen LogP contribution in [0.1, 0.15) is 25.7 Å². The molecular formula is C16H20N4O5. The number of aromatic nitrogens is 1. The van der Waals surface area contributed by atoms with Crippen molar-refractivity contribution >= 4 is 22.7 Å². The number of non-ortho nitro benzene ring substituents is 1. The van der Waals surface area contributed by atoms with Crippen LogP contribution in [-0.4, -0.2) is 34.5 Å². The number of nitro groups is 1. The van der Waals surface area contributed by atoms with E-state index in [1.807, 2.05) is 0 Å². The van der Waals surface area contributed by atoms with Gasteiger partial charge in [0.05, 0.1) is 16.5 Å². The second-order valence-corrected chi connectivity index (χ2v) is 6.13. The maximum atomic E-state index is 11.9. The van der Waals surface area contributed by atoms with Crippen molar-refractivity contribution in [3.05, 3.63) is 38.9 Å². The number of fused-ring (bicyclic) bond motifs is 1. The van der Waals surface area contributed by atoms with E-state index < -0.39 is 10.7 Å². The molecule has 1 unspecified atom stereocenters. The summed E-state index contributed by atoms with van der Waals surface area (Å²) in [5, 5.41) is 17.0. The van der Waals surface area contributed by atoms with Crippen molar-refractivity contribution in [2.24, 2.45) is 0 Å². The molecule has 134 valence electrons. The number of nitrogens with zero attached hydrogens (tertiary/aromatic N) is 2. The van der Waals surface area contributed by atoms with Crippen LogP contribution in [0.4, 0.5) is 5.69 Å². The van der Waals surface area contributed by atoms with E-state index in [-0.39, 0.29) is 17.2 Å². The number of benzene rings is 1. The highest BCUT2D eigenvalue weighted by atomic mass is 16.6. The van der Waals surface area contributed by atoms with E-state index in [0.29, 0.717) is 37.5 Å². The van der Waals surface area contributed by atoms with Crippen LogP contribution >= 0.6 is 0 Å². The molecule has 2 aromatic rings. The molecule has 9 heteroatoms. The lowest BCUT2D eigenvalue weighted by Gasteiger charge is -2.11. The van der Waals surface area contributed by atoms with Crippen LogP contribution < -0.4 is 16.4 Å². The van der Waals surface area contributed by atoms with E-state index in [0.717, 1.165) is 19.4 Å². The third kappa shape index (κ3) is 4.05. The van der Waals surface area contributed by atoms with Gasteiger partial charge in [0, 0.05) is 31.6 Å². The summed E-state index contributed by atoms with van der Waals surface area (Å²) in [5.74, 6) is -0.628. The van der Waals surface area contributed by atoms with Crippen molar-refractivity contribution in [3.63, 3.8) is 0 Å². The van der Waals surface area contributed by atoms with Gasteiger partial charge in [-0.15, -0.1) is 0 Å². The maximum Gasteiger partial charge on any atom is 0.419 e. The molecule has 9 nitrogen and oxygen atoms in total. The number of oxazole rings is 1. The number of hydrogen-bond donors (Lipinski definition) is 2. The molecule has 1 fully saturated rings. The van der Waals surface area contributed by atoms with Crippen molar-refractivity contribution in [1.82, 2.24) is 15.2 Å². The largest absolute Gasteiger partial charge is 0.419 e. The van der Waals surface area contributed by atoms with E-state index >= 15 is 0 Å². The molecule has 2 N–H and O–H groups in total. The highest BCUT2D eigenvalue weighted by Crippen LogP contribution is 2.20. The average molecular weight is 348 g/mol. The van der Waals surface area contributed by atoms with Gasteiger partial charge in [-0.2, -0.15) is 0 Å². The lowest BCUT2D eigenvalue weighted by atomic mass is 10.2. The van der Waals surface area contributed by atoms with Gasteiger partial charge in [-0.25, -0.2) is 4.79 Å². The van der Waals surface area contributed by atoms with Crippen molar-refractivity contribution in [1.29, 1.82) is 0 Å². The van der Waals surface area contributed by atoms with Gasteiger partial charge in [-0.05, 0) is 31.9 Å². The molecule has 1 atom stereocenters. The summed E-state index contributed by atoms with van der Waals surface area (Å²) in [5.41, 5.74) is 0.537. The van der Waals surface area contributed by atoms with Crippen LogP contribution in [0.3, 0.4) is 0 Å². The van der Waals surface area contributed by atoms with E-state index in [1.165, 1.54) is 22.8 Å². The Bertz CT molecular complexity index is 835. The average Bonchev–Trinajstić information content (AvgIpc) is 3.20. The van der Waals surface area contributed by atoms with Crippen molar-refractivity contribution in [3.8, 4) is 0 Å². The molecule has 25 heavy (non-hydrogen) atoms. The van der Waals surface area contributed by atoms with Crippen molar-refractivity contribution < 1.29 is 14.1 Å². The maximum absolute atomic E-state index is 11.9. The summed E-state index contributed by atoms with van der Waals surface area (Å²) < 4.78 is 6.45. The van der Waals surface area contributed by atoms with Crippen LogP contribution in [0.2, 0.25) is 0 Å². The Hall–Kier alpha value is -2.68. The fraction of sp³-hybridized carbons (Fsp3) is 0.500. The van der Waals surface area contributed by atoms with Gasteiger partial charge in [-0.3, -0.25) is 19.5 Å². The van der Waals surface area contributed by atoms with Crippen LogP contribution in [0.25, 0.3) is 11.1 Å². The molecule has 1 saturated heterocycles. The summed E-state index contributed by atoms with van der Waals surface area (Å²) in [6, 6.07) is 4.40. The Labute approximate surface area is 143 Å². The molecule has 0 radical (unpaired) electrons. The van der Waals surface area contributed by atoms with Crippen LogP contribution in [0.15, 0.2) is 27.4 Å². The molecule has 0 spiro atoms. The van der Waals surface area contributed by atoms with E-state index in [2.05, 4.69) is 10.6 Å². The van der Waals surface area contributed by atoms with Gasteiger partial charge in [0.15, 0.2) is 5.58 Å². The lowest BCUT2D eigenvalue weighted by Crippen LogP contribution is -2.37. The van der Waals surface area contributed by atoms with Crippen molar-refractivity contribution in [2.75, 3.05) is 13.1 Å². The first-order chi connectivity index (χ1) is 12.0. The number of carbonyl (C=O) groups is 1. The number of nitrogens with one attached hydrogen (secondary N) is 2. The first kappa shape index (κ1) is 17.2. The molecule has 1 amide bonds. The molecule has 2 heterocycles. The Morgan fingerprint density at radius 1 is 1.48 bits per heavy atom. The van der Waals surface area contributed by atoms with Crippen molar-refractivity contribution in [2.45, 2.75) is 38.3 Å². The molecule has 1 aliphatic rings. The zero-order chi connectivity index (χ0) is 17.8. The monoisotopic (exact) mass is 348 g/mol. The normalized spacial score (nSPS) is 17.0. The predicted octanol–water partition coefficient (Wildman–Crippen LogP) is 1.15. The van der Waals surface area contributed by atoms with Gasteiger partial charge in [-0.1, -0.05) is 0 Å². The van der Waals surface area contributed by atoms with Gasteiger partial charge in [0.25, 0.3) is 5.69 Å². The third-order valence-electron chi connectivity index (χ3n) is 4.36.